The van der Waals surface area contributed by atoms with Gasteiger partial charge in [-0.05, 0) is 31.4 Å². The highest BCUT2D eigenvalue weighted by Crippen LogP contribution is 2.38. The average molecular weight is 331 g/mol. The lowest BCUT2D eigenvalue weighted by Crippen LogP contribution is -2.41. The Morgan fingerprint density at radius 3 is 2.57 bits per heavy atom. The van der Waals surface area contributed by atoms with E-state index in [1.54, 1.807) is 18.2 Å². The SMILES string of the molecule is COc1cccc(C(=O)N[C@@H]2CCC[C@H](C(F)(F)F)C2)c1OC. The number of benzene rings is 1. The molecule has 0 radical (unpaired) electrons. The van der Waals surface area contributed by atoms with E-state index in [0.717, 1.165) is 0 Å². The Labute approximate surface area is 133 Å². The third-order valence-corrected chi connectivity index (χ3v) is 4.12. The number of alkyl halides is 3. The van der Waals surface area contributed by atoms with E-state index < -0.39 is 24.0 Å². The first kappa shape index (κ1) is 17.4. The highest BCUT2D eigenvalue weighted by Gasteiger charge is 2.42. The van der Waals surface area contributed by atoms with Crippen molar-refractivity contribution < 1.29 is 27.4 Å². The fourth-order valence-corrected chi connectivity index (χ4v) is 2.95. The van der Waals surface area contributed by atoms with Crippen molar-refractivity contribution in [3.8, 4) is 11.5 Å². The van der Waals surface area contributed by atoms with Gasteiger partial charge >= 0.3 is 6.18 Å². The summed E-state index contributed by atoms with van der Waals surface area (Å²) in [6.07, 6.45) is -3.17. The molecule has 0 spiro atoms. The van der Waals surface area contributed by atoms with Crippen LogP contribution in [-0.2, 0) is 0 Å². The largest absolute Gasteiger partial charge is 0.493 e. The first-order valence-corrected chi connectivity index (χ1v) is 7.45. The normalized spacial score (nSPS) is 21.6. The van der Waals surface area contributed by atoms with Gasteiger partial charge in [0.15, 0.2) is 11.5 Å². The molecule has 1 amide bonds. The predicted molar refractivity (Wildman–Crippen MR) is 78.8 cm³/mol. The van der Waals surface area contributed by atoms with Crippen LogP contribution >= 0.6 is 0 Å². The Hall–Kier alpha value is -1.92. The molecule has 1 aliphatic rings. The molecule has 0 aliphatic heterocycles. The minimum absolute atomic E-state index is 0.0818. The molecule has 128 valence electrons. The molecule has 0 aromatic heterocycles. The number of amides is 1. The van der Waals surface area contributed by atoms with E-state index in [1.165, 1.54) is 14.2 Å². The van der Waals surface area contributed by atoms with Crippen molar-refractivity contribution in [3.63, 3.8) is 0 Å². The number of carbonyl (C=O) groups is 1. The van der Waals surface area contributed by atoms with E-state index in [9.17, 15) is 18.0 Å². The number of methoxy groups -OCH3 is 2. The number of hydrogen-bond acceptors (Lipinski definition) is 3. The third-order valence-electron chi connectivity index (χ3n) is 4.12. The lowest BCUT2D eigenvalue weighted by Gasteiger charge is -2.31. The molecular weight excluding hydrogens is 311 g/mol. The van der Waals surface area contributed by atoms with Crippen LogP contribution in [-0.4, -0.2) is 32.3 Å². The van der Waals surface area contributed by atoms with Crippen molar-refractivity contribution in [2.45, 2.75) is 37.9 Å². The van der Waals surface area contributed by atoms with Crippen LogP contribution in [0.5, 0.6) is 11.5 Å². The first-order valence-electron chi connectivity index (χ1n) is 7.45. The fraction of sp³-hybridized carbons (Fsp3) is 0.562. The molecule has 23 heavy (non-hydrogen) atoms. The Bertz CT molecular complexity index is 560. The van der Waals surface area contributed by atoms with Gasteiger partial charge in [-0.25, -0.2) is 0 Å². The maximum absolute atomic E-state index is 12.8. The summed E-state index contributed by atoms with van der Waals surface area (Å²) >= 11 is 0. The number of rotatable bonds is 4. The fourth-order valence-electron chi connectivity index (χ4n) is 2.95. The summed E-state index contributed by atoms with van der Waals surface area (Å²) in [7, 11) is 2.86. The number of halogens is 3. The Balaban J connectivity index is 2.10. The number of hydrogen-bond donors (Lipinski definition) is 1. The molecule has 0 unspecified atom stereocenters. The van der Waals surface area contributed by atoms with E-state index in [1.807, 2.05) is 0 Å². The number of nitrogens with one attached hydrogen (secondary N) is 1. The molecule has 1 aromatic rings. The van der Waals surface area contributed by atoms with Gasteiger partial charge in [-0.2, -0.15) is 13.2 Å². The second kappa shape index (κ2) is 7.10. The number of ether oxygens (including phenoxy) is 2. The van der Waals surface area contributed by atoms with E-state index >= 15 is 0 Å². The first-order chi connectivity index (χ1) is 10.9. The van der Waals surface area contributed by atoms with Crippen LogP contribution < -0.4 is 14.8 Å². The zero-order valence-corrected chi connectivity index (χ0v) is 13.1. The van der Waals surface area contributed by atoms with Crippen LogP contribution in [0.15, 0.2) is 18.2 Å². The van der Waals surface area contributed by atoms with E-state index in [2.05, 4.69) is 5.32 Å². The zero-order valence-electron chi connectivity index (χ0n) is 13.1. The topological polar surface area (TPSA) is 47.6 Å². The van der Waals surface area contributed by atoms with Crippen molar-refractivity contribution in [2.24, 2.45) is 5.92 Å². The van der Waals surface area contributed by atoms with E-state index in [4.69, 9.17) is 9.47 Å². The summed E-state index contributed by atoms with van der Waals surface area (Å²) in [6.45, 7) is 0. The molecule has 2 atom stereocenters. The molecule has 1 aliphatic carbocycles. The molecule has 1 fully saturated rings. The standard InChI is InChI=1S/C16H20F3NO3/c1-22-13-8-4-7-12(14(13)23-2)15(21)20-11-6-3-5-10(9-11)16(17,18)19/h4,7-8,10-11H,3,5-6,9H2,1-2H3,(H,20,21)/t10-,11+/m0/s1. The summed E-state index contributed by atoms with van der Waals surface area (Å²) in [4.78, 5) is 12.4. The summed E-state index contributed by atoms with van der Waals surface area (Å²) < 4.78 is 48.8. The smallest absolute Gasteiger partial charge is 0.391 e. The van der Waals surface area contributed by atoms with Crippen LogP contribution in [0.4, 0.5) is 13.2 Å². The number of para-hydroxylation sites is 1. The van der Waals surface area contributed by atoms with Crippen LogP contribution in [0.25, 0.3) is 0 Å². The summed E-state index contributed by atoms with van der Waals surface area (Å²) in [5.74, 6) is -1.13. The van der Waals surface area contributed by atoms with Crippen molar-refractivity contribution in [2.75, 3.05) is 14.2 Å². The van der Waals surface area contributed by atoms with Gasteiger partial charge in [0.25, 0.3) is 5.91 Å². The van der Waals surface area contributed by atoms with Gasteiger partial charge in [-0.1, -0.05) is 12.5 Å². The molecule has 0 saturated heterocycles. The van der Waals surface area contributed by atoms with Crippen LogP contribution in [0.3, 0.4) is 0 Å². The molecular formula is C16H20F3NO3. The minimum Gasteiger partial charge on any atom is -0.493 e. The second-order valence-corrected chi connectivity index (χ2v) is 5.62. The molecule has 0 bridgehead atoms. The van der Waals surface area contributed by atoms with Gasteiger partial charge < -0.3 is 14.8 Å². The highest BCUT2D eigenvalue weighted by molar-refractivity contribution is 5.98. The molecule has 1 N–H and O–H groups in total. The van der Waals surface area contributed by atoms with Gasteiger partial charge in [0.05, 0.1) is 25.7 Å². The predicted octanol–water partition coefficient (Wildman–Crippen LogP) is 3.55. The zero-order chi connectivity index (χ0) is 17.0. The van der Waals surface area contributed by atoms with Crippen LogP contribution in [0.1, 0.15) is 36.0 Å². The lowest BCUT2D eigenvalue weighted by molar-refractivity contribution is -0.183. The van der Waals surface area contributed by atoms with Crippen molar-refractivity contribution in [1.29, 1.82) is 0 Å². The van der Waals surface area contributed by atoms with Crippen molar-refractivity contribution in [3.05, 3.63) is 23.8 Å². The van der Waals surface area contributed by atoms with Gasteiger partial charge in [0.1, 0.15) is 0 Å². The Morgan fingerprint density at radius 2 is 1.96 bits per heavy atom. The van der Waals surface area contributed by atoms with Crippen molar-refractivity contribution >= 4 is 5.91 Å². The van der Waals surface area contributed by atoms with Gasteiger partial charge in [0, 0.05) is 6.04 Å². The summed E-state index contributed by atoms with van der Waals surface area (Å²) in [5.41, 5.74) is 0.251. The third kappa shape index (κ3) is 4.09. The second-order valence-electron chi connectivity index (χ2n) is 5.62. The molecule has 0 heterocycles. The Kier molecular flexibility index (Phi) is 5.38. The molecule has 2 rings (SSSR count). The monoisotopic (exact) mass is 331 g/mol. The average Bonchev–Trinajstić information content (AvgIpc) is 2.53. The molecule has 1 saturated carbocycles. The maximum atomic E-state index is 12.8. The highest BCUT2D eigenvalue weighted by atomic mass is 19.4. The molecule has 7 heteroatoms. The van der Waals surface area contributed by atoms with Crippen LogP contribution in [0.2, 0.25) is 0 Å². The molecule has 4 nitrogen and oxygen atoms in total. The molecule has 1 aromatic carbocycles. The Morgan fingerprint density at radius 1 is 1.22 bits per heavy atom. The van der Waals surface area contributed by atoms with Crippen LogP contribution in [0, 0.1) is 5.92 Å². The van der Waals surface area contributed by atoms with Crippen molar-refractivity contribution in [1.82, 2.24) is 5.32 Å². The maximum Gasteiger partial charge on any atom is 0.391 e. The lowest BCUT2D eigenvalue weighted by atomic mass is 9.85. The minimum atomic E-state index is -4.21. The summed E-state index contributed by atoms with van der Waals surface area (Å²) in [5, 5.41) is 2.69. The van der Waals surface area contributed by atoms with E-state index in [-0.39, 0.29) is 24.2 Å². The quantitative estimate of drug-likeness (QED) is 0.918. The van der Waals surface area contributed by atoms with Gasteiger partial charge in [-0.3, -0.25) is 4.79 Å². The van der Waals surface area contributed by atoms with Gasteiger partial charge in [0.2, 0.25) is 0 Å². The summed E-state index contributed by atoms with van der Waals surface area (Å²) in [6, 6.07) is 4.35. The van der Waals surface area contributed by atoms with E-state index in [0.29, 0.717) is 18.6 Å². The van der Waals surface area contributed by atoms with Gasteiger partial charge in [-0.15, -0.1) is 0 Å². The number of carbonyl (C=O) groups excluding carboxylic acids is 1.